The van der Waals surface area contributed by atoms with E-state index in [1.54, 1.807) is 6.92 Å². The van der Waals surface area contributed by atoms with Crippen LogP contribution < -0.4 is 13.8 Å². The Morgan fingerprint density at radius 2 is 1.64 bits per heavy atom. The van der Waals surface area contributed by atoms with E-state index in [0.29, 0.717) is 5.02 Å². The molecule has 152 valence electrons. The highest BCUT2D eigenvalue weighted by Crippen LogP contribution is 2.40. The van der Waals surface area contributed by atoms with Gasteiger partial charge in [0.2, 0.25) is 0 Å². The Balaban J connectivity index is 2.66. The normalized spacial score (nSPS) is 11.0. The number of carbonyl (C=O) groups is 1. The van der Waals surface area contributed by atoms with E-state index in [1.807, 2.05) is 0 Å². The zero-order chi connectivity index (χ0) is 20.9. The van der Waals surface area contributed by atoms with Gasteiger partial charge in [0, 0.05) is 17.2 Å². The molecule has 28 heavy (non-hydrogen) atoms. The molecule has 0 saturated heterocycles. The predicted octanol–water partition coefficient (Wildman–Crippen LogP) is 3.77. The molecule has 2 rings (SSSR count). The Bertz CT molecular complexity index is 947. The van der Waals surface area contributed by atoms with E-state index >= 15 is 0 Å². The van der Waals surface area contributed by atoms with Gasteiger partial charge in [0.15, 0.2) is 0 Å². The van der Waals surface area contributed by atoms with Gasteiger partial charge in [-0.25, -0.2) is 8.42 Å². The molecule has 2 aromatic rings. The number of methoxy groups -OCH3 is 2. The molecule has 0 bridgehead atoms. The lowest BCUT2D eigenvalue weighted by Gasteiger charge is -2.26. The first-order chi connectivity index (χ1) is 13.2. The van der Waals surface area contributed by atoms with Gasteiger partial charge in [-0.2, -0.15) is 0 Å². The quantitative estimate of drug-likeness (QED) is 0.572. The fraction of sp³-hybridized carbons (Fsp3) is 0.278. The van der Waals surface area contributed by atoms with Crippen molar-refractivity contribution in [2.24, 2.45) is 0 Å². The molecule has 0 aliphatic heterocycles. The van der Waals surface area contributed by atoms with Crippen molar-refractivity contribution in [3.63, 3.8) is 0 Å². The molecule has 0 saturated carbocycles. The van der Waals surface area contributed by atoms with E-state index in [0.717, 1.165) is 4.31 Å². The van der Waals surface area contributed by atoms with Crippen LogP contribution in [0.3, 0.4) is 0 Å². The van der Waals surface area contributed by atoms with Crippen molar-refractivity contribution in [3.05, 3.63) is 46.4 Å². The molecule has 0 aromatic heterocycles. The third-order valence-electron chi connectivity index (χ3n) is 3.70. The van der Waals surface area contributed by atoms with Gasteiger partial charge in [-0.1, -0.05) is 23.2 Å². The Morgan fingerprint density at radius 3 is 2.18 bits per heavy atom. The molecule has 0 spiro atoms. The number of benzene rings is 2. The van der Waals surface area contributed by atoms with E-state index in [9.17, 15) is 13.2 Å². The summed E-state index contributed by atoms with van der Waals surface area (Å²) >= 11 is 12.0. The van der Waals surface area contributed by atoms with Gasteiger partial charge in [-0.3, -0.25) is 9.10 Å². The second kappa shape index (κ2) is 9.36. The van der Waals surface area contributed by atoms with Crippen LogP contribution in [0, 0.1) is 0 Å². The van der Waals surface area contributed by atoms with Crippen molar-refractivity contribution in [2.45, 2.75) is 11.8 Å². The molecule has 7 nitrogen and oxygen atoms in total. The van der Waals surface area contributed by atoms with Crippen LogP contribution in [0.5, 0.6) is 11.5 Å². The van der Waals surface area contributed by atoms with Gasteiger partial charge >= 0.3 is 5.97 Å². The molecular formula is C18H19Cl2NO6S. The molecule has 0 fully saturated rings. The third-order valence-corrected chi connectivity index (χ3v) is 6.02. The minimum absolute atomic E-state index is 0.0582. The lowest BCUT2D eigenvalue weighted by molar-refractivity contribution is -0.141. The summed E-state index contributed by atoms with van der Waals surface area (Å²) in [6.07, 6.45) is 0. The molecule has 0 radical (unpaired) electrons. The van der Waals surface area contributed by atoms with Crippen molar-refractivity contribution in [1.29, 1.82) is 0 Å². The summed E-state index contributed by atoms with van der Waals surface area (Å²) in [7, 11) is -1.41. The maximum absolute atomic E-state index is 13.3. The lowest BCUT2D eigenvalue weighted by Crippen LogP contribution is -2.37. The highest BCUT2D eigenvalue weighted by molar-refractivity contribution is 7.92. The number of halogens is 2. The average molecular weight is 448 g/mol. The van der Waals surface area contributed by atoms with Gasteiger partial charge in [0.05, 0.1) is 36.4 Å². The minimum atomic E-state index is -4.16. The summed E-state index contributed by atoms with van der Waals surface area (Å²) in [6.45, 7) is 1.16. The number of sulfonamides is 1. The second-order valence-electron chi connectivity index (χ2n) is 5.43. The standard InChI is InChI=1S/C18H19Cl2NO6S/c1-4-27-18(22)11-21(28(23,24)13-7-5-12(19)6-8-13)15-10-16(25-2)14(20)9-17(15)26-3/h5-10H,4,11H2,1-3H3. The SMILES string of the molecule is CCOC(=O)CN(c1cc(OC)c(Cl)cc1OC)S(=O)(=O)c1ccc(Cl)cc1. The number of hydrogen-bond acceptors (Lipinski definition) is 6. The lowest BCUT2D eigenvalue weighted by atomic mass is 10.2. The molecule has 0 aliphatic carbocycles. The number of esters is 1. The first-order valence-corrected chi connectivity index (χ1v) is 10.3. The maximum atomic E-state index is 13.3. The predicted molar refractivity (Wildman–Crippen MR) is 107 cm³/mol. The Morgan fingerprint density at radius 1 is 1.04 bits per heavy atom. The number of ether oxygens (including phenoxy) is 3. The van der Waals surface area contributed by atoms with Crippen molar-refractivity contribution in [3.8, 4) is 11.5 Å². The number of hydrogen-bond donors (Lipinski definition) is 0. The molecule has 0 amide bonds. The van der Waals surface area contributed by atoms with Crippen LogP contribution in [0.2, 0.25) is 10.0 Å². The second-order valence-corrected chi connectivity index (χ2v) is 8.14. The summed E-state index contributed by atoms with van der Waals surface area (Å²) in [6, 6.07) is 8.36. The largest absolute Gasteiger partial charge is 0.495 e. The molecule has 0 N–H and O–H groups in total. The Kier molecular flexibility index (Phi) is 7.40. The third kappa shape index (κ3) is 4.81. The molecular weight excluding hydrogens is 429 g/mol. The Hall–Kier alpha value is -2.16. The van der Waals surface area contributed by atoms with Gasteiger partial charge in [0.25, 0.3) is 10.0 Å². The summed E-state index contributed by atoms with van der Waals surface area (Å²) in [5.74, 6) is -0.360. The first-order valence-electron chi connectivity index (χ1n) is 8.10. The highest BCUT2D eigenvalue weighted by Gasteiger charge is 2.31. The van der Waals surface area contributed by atoms with E-state index in [1.165, 1.54) is 50.6 Å². The van der Waals surface area contributed by atoms with Crippen LogP contribution in [-0.2, 0) is 19.6 Å². The number of rotatable bonds is 8. The van der Waals surface area contributed by atoms with Gasteiger partial charge in [0.1, 0.15) is 18.0 Å². The van der Waals surface area contributed by atoms with E-state index in [4.69, 9.17) is 37.4 Å². The van der Waals surface area contributed by atoms with Crippen LogP contribution in [0.25, 0.3) is 0 Å². The monoisotopic (exact) mass is 447 g/mol. The molecule has 0 aliphatic rings. The molecule has 2 aromatic carbocycles. The fourth-order valence-corrected chi connectivity index (χ4v) is 4.16. The summed E-state index contributed by atoms with van der Waals surface area (Å²) in [4.78, 5) is 12.1. The van der Waals surface area contributed by atoms with Crippen LogP contribution in [0.4, 0.5) is 5.69 Å². The summed E-state index contributed by atoms with van der Waals surface area (Å²) < 4.78 is 42.8. The van der Waals surface area contributed by atoms with Crippen molar-refractivity contribution in [1.82, 2.24) is 0 Å². The fourth-order valence-electron chi connectivity index (χ4n) is 2.40. The average Bonchev–Trinajstić information content (AvgIpc) is 2.66. The van der Waals surface area contributed by atoms with E-state index in [-0.39, 0.29) is 33.7 Å². The highest BCUT2D eigenvalue weighted by atomic mass is 35.5. The topological polar surface area (TPSA) is 82.1 Å². The van der Waals surface area contributed by atoms with Crippen LogP contribution in [0.1, 0.15) is 6.92 Å². The van der Waals surface area contributed by atoms with Crippen molar-refractivity contribution in [2.75, 3.05) is 31.7 Å². The molecule has 0 unspecified atom stereocenters. The summed E-state index contributed by atoms with van der Waals surface area (Å²) in [5.41, 5.74) is 0.0757. The molecule has 0 heterocycles. The van der Waals surface area contributed by atoms with E-state index < -0.39 is 22.5 Å². The first kappa shape index (κ1) is 22.1. The van der Waals surface area contributed by atoms with Crippen LogP contribution in [0.15, 0.2) is 41.3 Å². The van der Waals surface area contributed by atoms with Crippen LogP contribution >= 0.6 is 23.2 Å². The molecule has 0 atom stereocenters. The summed E-state index contributed by atoms with van der Waals surface area (Å²) in [5, 5.41) is 0.602. The van der Waals surface area contributed by atoms with E-state index in [2.05, 4.69) is 0 Å². The Labute approximate surface area is 173 Å². The minimum Gasteiger partial charge on any atom is -0.495 e. The van der Waals surface area contributed by atoms with Crippen LogP contribution in [-0.4, -0.2) is 41.8 Å². The van der Waals surface area contributed by atoms with Gasteiger partial charge < -0.3 is 14.2 Å². The zero-order valence-electron chi connectivity index (χ0n) is 15.4. The van der Waals surface area contributed by atoms with Crippen molar-refractivity contribution >= 4 is 44.9 Å². The number of nitrogens with zero attached hydrogens (tertiary/aromatic N) is 1. The van der Waals surface area contributed by atoms with Gasteiger partial charge in [-0.15, -0.1) is 0 Å². The smallest absolute Gasteiger partial charge is 0.326 e. The number of anilines is 1. The number of carbonyl (C=O) groups excluding carboxylic acids is 1. The zero-order valence-corrected chi connectivity index (χ0v) is 17.8. The molecule has 10 heteroatoms. The maximum Gasteiger partial charge on any atom is 0.326 e. The van der Waals surface area contributed by atoms with Gasteiger partial charge in [-0.05, 0) is 31.2 Å². The van der Waals surface area contributed by atoms with Crippen molar-refractivity contribution < 1.29 is 27.4 Å².